The van der Waals surface area contributed by atoms with Gasteiger partial charge in [0.05, 0.1) is 27.7 Å². The number of pyridine rings is 2. The van der Waals surface area contributed by atoms with Gasteiger partial charge in [0.2, 0.25) is 0 Å². The van der Waals surface area contributed by atoms with Crippen molar-refractivity contribution < 1.29 is 4.79 Å². The van der Waals surface area contributed by atoms with Crippen molar-refractivity contribution in [3.63, 3.8) is 0 Å². The molecular formula is C24H22N4OS. The number of nitrogens with zero attached hydrogens (tertiary/aromatic N) is 3. The molecule has 0 fully saturated rings. The van der Waals surface area contributed by atoms with Crippen LogP contribution in [0.2, 0.25) is 0 Å². The number of hydrogen-bond acceptors (Lipinski definition) is 5. The average molecular weight is 415 g/mol. The Balaban J connectivity index is 1.30. The highest BCUT2D eigenvalue weighted by Gasteiger charge is 2.11. The minimum absolute atomic E-state index is 0.0868. The molecule has 0 atom stereocenters. The summed E-state index contributed by atoms with van der Waals surface area (Å²) >= 11 is 1.65. The molecule has 0 aliphatic rings. The summed E-state index contributed by atoms with van der Waals surface area (Å²) in [4.78, 5) is 25.9. The van der Waals surface area contributed by atoms with Crippen LogP contribution >= 0.6 is 11.3 Å². The zero-order valence-electron chi connectivity index (χ0n) is 16.7. The molecule has 4 aromatic rings. The van der Waals surface area contributed by atoms with E-state index in [0.29, 0.717) is 12.1 Å². The Morgan fingerprint density at radius 1 is 0.933 bits per heavy atom. The first-order valence-electron chi connectivity index (χ1n) is 9.87. The van der Waals surface area contributed by atoms with E-state index >= 15 is 0 Å². The Hall–Kier alpha value is -3.38. The van der Waals surface area contributed by atoms with Gasteiger partial charge in [-0.2, -0.15) is 0 Å². The first-order chi connectivity index (χ1) is 14.7. The summed E-state index contributed by atoms with van der Waals surface area (Å²) in [5.41, 5.74) is 5.31. The second kappa shape index (κ2) is 9.41. The van der Waals surface area contributed by atoms with E-state index in [4.69, 9.17) is 0 Å². The fraction of sp³-hybridized carbons (Fsp3) is 0.167. The van der Waals surface area contributed by atoms with Gasteiger partial charge in [0.25, 0.3) is 5.91 Å². The molecule has 3 heterocycles. The Labute approximate surface area is 179 Å². The molecule has 150 valence electrons. The van der Waals surface area contributed by atoms with Crippen LogP contribution in [0, 0.1) is 6.92 Å². The third-order valence-electron chi connectivity index (χ3n) is 4.78. The van der Waals surface area contributed by atoms with Crippen molar-refractivity contribution in [2.75, 3.05) is 6.54 Å². The molecule has 3 aromatic heterocycles. The summed E-state index contributed by atoms with van der Waals surface area (Å²) in [5, 5.41) is 6.13. The van der Waals surface area contributed by atoms with E-state index in [2.05, 4.69) is 25.6 Å². The van der Waals surface area contributed by atoms with Gasteiger partial charge in [-0.1, -0.05) is 30.3 Å². The number of carbonyl (C=O) groups is 1. The maximum Gasteiger partial charge on any atom is 0.253 e. The standard InChI is InChI=1S/C24H22N4OS/c1-17-20(9-10-21(27-17)18-6-3-2-4-7-18)24(29)26-13-5-8-23-28-22(16-30-23)19-11-14-25-15-12-19/h2-4,6-7,9-12,14-16H,5,8,13H2,1H3,(H,26,29). The second-order valence-corrected chi connectivity index (χ2v) is 7.86. The normalized spacial score (nSPS) is 10.7. The zero-order valence-corrected chi connectivity index (χ0v) is 17.5. The second-order valence-electron chi connectivity index (χ2n) is 6.92. The Morgan fingerprint density at radius 2 is 1.70 bits per heavy atom. The van der Waals surface area contributed by atoms with Gasteiger partial charge < -0.3 is 5.32 Å². The molecule has 1 N–H and O–H groups in total. The van der Waals surface area contributed by atoms with E-state index in [1.165, 1.54) is 0 Å². The number of hydrogen-bond donors (Lipinski definition) is 1. The molecule has 0 aliphatic heterocycles. The number of benzene rings is 1. The molecule has 0 spiro atoms. The van der Waals surface area contributed by atoms with Gasteiger partial charge in [0, 0.05) is 41.9 Å². The minimum Gasteiger partial charge on any atom is -0.352 e. The van der Waals surface area contributed by atoms with Crippen molar-refractivity contribution in [2.45, 2.75) is 19.8 Å². The minimum atomic E-state index is -0.0868. The predicted molar refractivity (Wildman–Crippen MR) is 120 cm³/mol. The number of rotatable bonds is 7. The van der Waals surface area contributed by atoms with Crippen LogP contribution < -0.4 is 5.32 Å². The lowest BCUT2D eigenvalue weighted by Gasteiger charge is -2.09. The van der Waals surface area contributed by atoms with Gasteiger partial charge in [-0.05, 0) is 37.6 Å². The van der Waals surface area contributed by atoms with Gasteiger partial charge in [0.15, 0.2) is 0 Å². The quantitative estimate of drug-likeness (QED) is 0.435. The number of nitrogens with one attached hydrogen (secondary N) is 1. The van der Waals surface area contributed by atoms with E-state index in [-0.39, 0.29) is 5.91 Å². The number of amides is 1. The number of carbonyl (C=O) groups excluding carboxylic acids is 1. The van der Waals surface area contributed by atoms with E-state index in [9.17, 15) is 4.79 Å². The van der Waals surface area contributed by atoms with Gasteiger partial charge >= 0.3 is 0 Å². The van der Waals surface area contributed by atoms with Crippen molar-refractivity contribution in [3.05, 3.63) is 88.6 Å². The molecule has 0 bridgehead atoms. The molecule has 0 unspecified atom stereocenters. The average Bonchev–Trinajstić information content (AvgIpc) is 3.27. The third-order valence-corrected chi connectivity index (χ3v) is 5.69. The molecule has 30 heavy (non-hydrogen) atoms. The number of aryl methyl sites for hydroxylation is 2. The summed E-state index contributed by atoms with van der Waals surface area (Å²) < 4.78 is 0. The Kier molecular flexibility index (Phi) is 6.25. The first kappa shape index (κ1) is 19.9. The Bertz CT molecular complexity index is 1130. The summed E-state index contributed by atoms with van der Waals surface area (Å²) in [5.74, 6) is -0.0868. The lowest BCUT2D eigenvalue weighted by molar-refractivity contribution is 0.0952. The highest BCUT2D eigenvalue weighted by molar-refractivity contribution is 7.09. The molecule has 0 aliphatic carbocycles. The van der Waals surface area contributed by atoms with Crippen LogP contribution in [0.4, 0.5) is 0 Å². The molecule has 4 rings (SSSR count). The number of aromatic nitrogens is 3. The van der Waals surface area contributed by atoms with Crippen LogP contribution in [0.1, 0.15) is 27.5 Å². The number of thiazole rings is 1. The van der Waals surface area contributed by atoms with Crippen molar-refractivity contribution >= 4 is 17.2 Å². The fourth-order valence-electron chi connectivity index (χ4n) is 3.19. The monoisotopic (exact) mass is 414 g/mol. The summed E-state index contributed by atoms with van der Waals surface area (Å²) in [6, 6.07) is 17.6. The van der Waals surface area contributed by atoms with E-state index < -0.39 is 0 Å². The maximum atomic E-state index is 12.5. The Morgan fingerprint density at radius 3 is 2.47 bits per heavy atom. The van der Waals surface area contributed by atoms with Crippen molar-refractivity contribution in [2.24, 2.45) is 0 Å². The van der Waals surface area contributed by atoms with Crippen LogP contribution in [0.25, 0.3) is 22.5 Å². The highest BCUT2D eigenvalue weighted by atomic mass is 32.1. The topological polar surface area (TPSA) is 67.8 Å². The summed E-state index contributed by atoms with van der Waals surface area (Å²) in [7, 11) is 0. The van der Waals surface area contributed by atoms with E-state index in [0.717, 1.165) is 46.1 Å². The highest BCUT2D eigenvalue weighted by Crippen LogP contribution is 2.22. The fourth-order valence-corrected chi connectivity index (χ4v) is 4.04. The first-order valence-corrected chi connectivity index (χ1v) is 10.7. The summed E-state index contributed by atoms with van der Waals surface area (Å²) in [6.45, 7) is 2.47. The lowest BCUT2D eigenvalue weighted by Crippen LogP contribution is -2.25. The van der Waals surface area contributed by atoms with Crippen LogP contribution in [0.5, 0.6) is 0 Å². The lowest BCUT2D eigenvalue weighted by atomic mass is 10.1. The largest absolute Gasteiger partial charge is 0.352 e. The summed E-state index contributed by atoms with van der Waals surface area (Å²) in [6.07, 6.45) is 5.21. The van der Waals surface area contributed by atoms with Crippen LogP contribution in [0.3, 0.4) is 0 Å². The molecule has 0 saturated heterocycles. The smallest absolute Gasteiger partial charge is 0.253 e. The molecule has 6 heteroatoms. The van der Waals surface area contributed by atoms with Crippen molar-refractivity contribution in [1.82, 2.24) is 20.3 Å². The maximum absolute atomic E-state index is 12.5. The molecule has 0 radical (unpaired) electrons. The van der Waals surface area contributed by atoms with Gasteiger partial charge in [-0.15, -0.1) is 11.3 Å². The van der Waals surface area contributed by atoms with Crippen molar-refractivity contribution in [1.29, 1.82) is 0 Å². The SMILES string of the molecule is Cc1nc(-c2ccccc2)ccc1C(=O)NCCCc1nc(-c2ccncc2)cs1. The van der Waals surface area contributed by atoms with Crippen molar-refractivity contribution in [3.8, 4) is 22.5 Å². The molecule has 5 nitrogen and oxygen atoms in total. The predicted octanol–water partition coefficient (Wildman–Crippen LogP) is 4.94. The molecule has 1 aromatic carbocycles. The molecular weight excluding hydrogens is 392 g/mol. The van der Waals surface area contributed by atoms with Crippen LogP contribution in [-0.2, 0) is 6.42 Å². The third kappa shape index (κ3) is 4.78. The van der Waals surface area contributed by atoms with Crippen LogP contribution in [-0.4, -0.2) is 27.4 Å². The van der Waals surface area contributed by atoms with Gasteiger partial charge in [-0.3, -0.25) is 14.8 Å². The molecule has 0 saturated carbocycles. The van der Waals surface area contributed by atoms with Gasteiger partial charge in [-0.25, -0.2) is 4.98 Å². The van der Waals surface area contributed by atoms with Crippen LogP contribution in [0.15, 0.2) is 72.4 Å². The van der Waals surface area contributed by atoms with Gasteiger partial charge in [0.1, 0.15) is 0 Å². The van der Waals surface area contributed by atoms with E-state index in [1.807, 2.05) is 61.5 Å². The zero-order chi connectivity index (χ0) is 20.8. The molecule has 1 amide bonds. The van der Waals surface area contributed by atoms with E-state index in [1.54, 1.807) is 23.7 Å².